The molecule has 1 spiro atoms. The van der Waals surface area contributed by atoms with Crippen molar-refractivity contribution in [3.8, 4) is 11.1 Å². The van der Waals surface area contributed by atoms with Gasteiger partial charge in [-0.15, -0.1) is 0 Å². The highest BCUT2D eigenvalue weighted by Crippen LogP contribution is 2.43. The standard InChI is InChI=1S/C27H24F5N5O3/c1-15(27(30,31)32)36(12-16-7-20(28)10-21(29)8-16)23(38)14-37-24(39)26(34-25(37)40)6-5-18-9-17(3-4-22(18)26)19-11-33-35(2)13-19/h3-4,7-11,13,15H,5-6,12,14H2,1-2H3,(H,34,40)/t15-,26-/m0/s1. The third-order valence-corrected chi connectivity index (χ3v) is 7.38. The Morgan fingerprint density at radius 2 is 1.82 bits per heavy atom. The molecule has 2 aromatic carbocycles. The monoisotopic (exact) mass is 561 g/mol. The van der Waals surface area contributed by atoms with Crippen LogP contribution in [0.4, 0.5) is 26.7 Å². The topological polar surface area (TPSA) is 87.5 Å². The number of imide groups is 1. The molecule has 0 radical (unpaired) electrons. The van der Waals surface area contributed by atoms with Crippen molar-refractivity contribution < 1.29 is 36.3 Å². The second kappa shape index (κ2) is 9.72. The average molecular weight is 562 g/mol. The van der Waals surface area contributed by atoms with E-state index in [2.05, 4.69) is 10.4 Å². The number of halogens is 5. The van der Waals surface area contributed by atoms with Crippen LogP contribution in [0.25, 0.3) is 11.1 Å². The van der Waals surface area contributed by atoms with E-state index in [0.717, 1.165) is 28.8 Å². The number of nitrogens with zero attached hydrogens (tertiary/aromatic N) is 4. The molecule has 8 nitrogen and oxygen atoms in total. The lowest BCUT2D eigenvalue weighted by atomic mass is 9.90. The number of aryl methyl sites for hydroxylation is 2. The summed E-state index contributed by atoms with van der Waals surface area (Å²) in [5.74, 6) is -4.01. The number of hydrogen-bond donors (Lipinski definition) is 1. The highest BCUT2D eigenvalue weighted by molar-refractivity contribution is 6.10. The predicted octanol–water partition coefficient (Wildman–Crippen LogP) is 4.04. The Morgan fingerprint density at radius 3 is 2.45 bits per heavy atom. The number of nitrogens with one attached hydrogen (secondary N) is 1. The van der Waals surface area contributed by atoms with E-state index < -0.39 is 60.3 Å². The summed E-state index contributed by atoms with van der Waals surface area (Å²) in [5.41, 5.74) is 1.40. The van der Waals surface area contributed by atoms with Crippen molar-refractivity contribution in [2.24, 2.45) is 7.05 Å². The molecular weight excluding hydrogens is 537 g/mol. The van der Waals surface area contributed by atoms with Crippen molar-refractivity contribution >= 4 is 17.8 Å². The number of urea groups is 1. The molecule has 2 aliphatic rings. The molecule has 40 heavy (non-hydrogen) atoms. The van der Waals surface area contributed by atoms with Crippen LogP contribution in [0.2, 0.25) is 0 Å². The molecular formula is C27H24F5N5O3. The Balaban J connectivity index is 1.40. The number of amides is 4. The maximum atomic E-state index is 13.7. The molecule has 210 valence electrons. The van der Waals surface area contributed by atoms with Crippen molar-refractivity contribution in [1.82, 2.24) is 24.9 Å². The second-order valence-electron chi connectivity index (χ2n) is 10.0. The van der Waals surface area contributed by atoms with E-state index in [0.29, 0.717) is 34.8 Å². The molecule has 1 aliphatic carbocycles. The summed E-state index contributed by atoms with van der Waals surface area (Å²) in [6.45, 7) is -1.05. The summed E-state index contributed by atoms with van der Waals surface area (Å²) < 4.78 is 69.9. The van der Waals surface area contributed by atoms with Crippen molar-refractivity contribution in [2.75, 3.05) is 6.54 Å². The first-order valence-electron chi connectivity index (χ1n) is 12.4. The summed E-state index contributed by atoms with van der Waals surface area (Å²) in [4.78, 5) is 40.6. The van der Waals surface area contributed by atoms with Gasteiger partial charge in [-0.1, -0.05) is 18.2 Å². The van der Waals surface area contributed by atoms with Crippen molar-refractivity contribution in [2.45, 2.75) is 44.1 Å². The number of hydrogen-bond acceptors (Lipinski definition) is 4. The molecule has 2 heterocycles. The normalized spacial score (nSPS) is 19.2. The van der Waals surface area contributed by atoms with E-state index >= 15 is 0 Å². The lowest BCUT2D eigenvalue weighted by Gasteiger charge is -2.32. The summed E-state index contributed by atoms with van der Waals surface area (Å²) in [5, 5.41) is 6.79. The van der Waals surface area contributed by atoms with Gasteiger partial charge in [-0.25, -0.2) is 13.6 Å². The van der Waals surface area contributed by atoms with Gasteiger partial charge >= 0.3 is 12.2 Å². The summed E-state index contributed by atoms with van der Waals surface area (Å²) >= 11 is 0. The first kappa shape index (κ1) is 27.3. The molecule has 4 amide bonds. The van der Waals surface area contributed by atoms with E-state index in [1.165, 1.54) is 0 Å². The van der Waals surface area contributed by atoms with E-state index in [4.69, 9.17) is 0 Å². The minimum absolute atomic E-state index is 0.208. The van der Waals surface area contributed by atoms with E-state index in [9.17, 15) is 36.3 Å². The summed E-state index contributed by atoms with van der Waals surface area (Å²) in [6, 6.07) is 4.27. The number of fused-ring (bicyclic) bond motifs is 2. The smallest absolute Gasteiger partial charge is 0.325 e. The minimum Gasteiger partial charge on any atom is -0.325 e. The fourth-order valence-electron chi connectivity index (χ4n) is 5.29. The van der Waals surface area contributed by atoms with Crippen LogP contribution in [0.15, 0.2) is 48.8 Å². The fraction of sp³-hybridized carbons (Fsp3) is 0.333. The molecule has 1 aliphatic heterocycles. The van der Waals surface area contributed by atoms with Crippen LogP contribution in [0.5, 0.6) is 0 Å². The van der Waals surface area contributed by atoms with Crippen LogP contribution in [-0.4, -0.2) is 56.2 Å². The lowest BCUT2D eigenvalue weighted by molar-refractivity contribution is -0.187. The lowest BCUT2D eigenvalue weighted by Crippen LogP contribution is -2.51. The second-order valence-corrected chi connectivity index (χ2v) is 10.0. The Bertz CT molecular complexity index is 1500. The molecule has 2 atom stereocenters. The quantitative estimate of drug-likeness (QED) is 0.364. The number of carbonyl (C=O) groups is 3. The molecule has 1 N–H and O–H groups in total. The Morgan fingerprint density at radius 1 is 1.12 bits per heavy atom. The summed E-state index contributed by atoms with van der Waals surface area (Å²) in [6.07, 6.45) is -0.711. The van der Waals surface area contributed by atoms with Crippen molar-refractivity contribution in [3.63, 3.8) is 0 Å². The fourth-order valence-corrected chi connectivity index (χ4v) is 5.29. The number of carbonyl (C=O) groups excluding carboxylic acids is 3. The highest BCUT2D eigenvalue weighted by Gasteiger charge is 2.56. The predicted molar refractivity (Wildman–Crippen MR) is 131 cm³/mol. The van der Waals surface area contributed by atoms with Gasteiger partial charge in [0.2, 0.25) is 5.91 Å². The first-order chi connectivity index (χ1) is 18.8. The largest absolute Gasteiger partial charge is 0.408 e. The van der Waals surface area contributed by atoms with Crippen LogP contribution in [-0.2, 0) is 35.1 Å². The maximum absolute atomic E-state index is 13.7. The van der Waals surface area contributed by atoms with Gasteiger partial charge in [-0.2, -0.15) is 18.3 Å². The number of rotatable bonds is 6. The van der Waals surface area contributed by atoms with Gasteiger partial charge in [-0.05, 0) is 54.2 Å². The van der Waals surface area contributed by atoms with E-state index in [-0.39, 0.29) is 12.0 Å². The van der Waals surface area contributed by atoms with E-state index in [1.807, 2.05) is 12.3 Å². The van der Waals surface area contributed by atoms with Gasteiger partial charge in [0.1, 0.15) is 29.8 Å². The van der Waals surface area contributed by atoms with Crippen LogP contribution >= 0.6 is 0 Å². The molecule has 0 saturated carbocycles. The van der Waals surface area contributed by atoms with E-state index in [1.54, 1.807) is 30.1 Å². The molecule has 3 aromatic rings. The zero-order chi connectivity index (χ0) is 29.0. The van der Waals surface area contributed by atoms with Crippen LogP contribution in [0.1, 0.15) is 30.0 Å². The van der Waals surface area contributed by atoms with Gasteiger partial charge in [-0.3, -0.25) is 19.2 Å². The Kier molecular flexibility index (Phi) is 6.63. The molecule has 1 aromatic heterocycles. The Hall–Kier alpha value is -4.29. The molecule has 0 bridgehead atoms. The number of aromatic nitrogens is 2. The molecule has 1 saturated heterocycles. The van der Waals surface area contributed by atoms with Gasteiger partial charge in [0.25, 0.3) is 5.91 Å². The summed E-state index contributed by atoms with van der Waals surface area (Å²) in [7, 11) is 1.78. The first-order valence-corrected chi connectivity index (χ1v) is 12.4. The Labute approximate surface area is 225 Å². The van der Waals surface area contributed by atoms with Crippen molar-refractivity contribution in [1.29, 1.82) is 0 Å². The zero-order valence-corrected chi connectivity index (χ0v) is 21.4. The maximum Gasteiger partial charge on any atom is 0.408 e. The molecule has 1 fully saturated rings. The number of alkyl halides is 3. The third kappa shape index (κ3) is 4.80. The van der Waals surface area contributed by atoms with Gasteiger partial charge in [0.05, 0.1) is 6.20 Å². The molecule has 0 unspecified atom stereocenters. The SMILES string of the molecule is C[C@H](N(Cc1cc(F)cc(F)c1)C(=O)CN1C(=O)N[C@]2(CCc3cc(-c4cnn(C)c4)ccc32)C1=O)C(F)(F)F. The molecule has 13 heteroatoms. The van der Waals surface area contributed by atoms with Gasteiger partial charge in [0, 0.05) is 31.4 Å². The van der Waals surface area contributed by atoms with Gasteiger partial charge in [0.15, 0.2) is 0 Å². The third-order valence-electron chi connectivity index (χ3n) is 7.38. The molecule has 5 rings (SSSR count). The minimum atomic E-state index is -4.88. The zero-order valence-electron chi connectivity index (χ0n) is 21.4. The van der Waals surface area contributed by atoms with Crippen LogP contribution in [0, 0.1) is 11.6 Å². The average Bonchev–Trinajstić information content (AvgIpc) is 3.53. The van der Waals surface area contributed by atoms with Crippen LogP contribution < -0.4 is 5.32 Å². The number of benzene rings is 2. The van der Waals surface area contributed by atoms with Gasteiger partial charge < -0.3 is 10.2 Å². The highest BCUT2D eigenvalue weighted by atomic mass is 19.4. The van der Waals surface area contributed by atoms with Crippen molar-refractivity contribution in [3.05, 3.63) is 77.1 Å². The van der Waals surface area contributed by atoms with Crippen LogP contribution in [0.3, 0.4) is 0 Å².